The Labute approximate surface area is 357 Å². The van der Waals surface area contributed by atoms with Crippen molar-refractivity contribution in [3.05, 3.63) is 0 Å². The second kappa shape index (κ2) is 44.4. The van der Waals surface area contributed by atoms with Crippen LogP contribution in [0.4, 0.5) is 0 Å². The molecule has 2 unspecified atom stereocenters. The van der Waals surface area contributed by atoms with Crippen molar-refractivity contribution in [3.63, 3.8) is 0 Å². The standard InChI is InChI=1S/C51H102N2O4/c1-7-11-15-19-23-31-40-48(38-29-17-13-9-3)50(54)56-46-35-27-21-25-33-42-52(5)44-37-45-53(6)43-34-26-22-28-36-47-57-51(55)49(39-30-18-14-10-4)41-32-24-20-16-12-8-2/h48-49H,7-47H2,1-6H3. The van der Waals surface area contributed by atoms with Crippen LogP contribution in [0.2, 0.25) is 0 Å². The first-order chi connectivity index (χ1) is 27.9. The molecule has 0 spiro atoms. The molecule has 340 valence electrons. The maximum Gasteiger partial charge on any atom is 0.308 e. The lowest BCUT2D eigenvalue weighted by molar-refractivity contribution is -0.150. The van der Waals surface area contributed by atoms with Gasteiger partial charge >= 0.3 is 11.9 Å². The lowest BCUT2D eigenvalue weighted by Gasteiger charge is -2.20. The molecule has 0 heterocycles. The summed E-state index contributed by atoms with van der Waals surface area (Å²) in [5.74, 6) is 0.389. The Morgan fingerprint density at radius 1 is 0.333 bits per heavy atom. The Bertz CT molecular complexity index is 772. The van der Waals surface area contributed by atoms with Crippen LogP contribution in [0, 0.1) is 11.8 Å². The van der Waals surface area contributed by atoms with Gasteiger partial charge in [-0.25, -0.2) is 0 Å². The lowest BCUT2D eigenvalue weighted by Crippen LogP contribution is -2.27. The van der Waals surface area contributed by atoms with Gasteiger partial charge in [-0.3, -0.25) is 9.59 Å². The van der Waals surface area contributed by atoms with Crippen LogP contribution in [0.3, 0.4) is 0 Å². The number of carbonyl (C=O) groups excluding carboxylic acids is 2. The predicted octanol–water partition coefficient (Wildman–Crippen LogP) is 14.9. The van der Waals surface area contributed by atoms with Gasteiger partial charge in [-0.15, -0.1) is 0 Å². The van der Waals surface area contributed by atoms with Gasteiger partial charge in [0, 0.05) is 0 Å². The fraction of sp³-hybridized carbons (Fsp3) is 0.961. The Morgan fingerprint density at radius 2 is 0.579 bits per heavy atom. The maximum absolute atomic E-state index is 12.9. The molecular formula is C51H102N2O4. The Morgan fingerprint density at radius 3 is 0.912 bits per heavy atom. The number of nitrogens with zero attached hydrogens (tertiary/aromatic N) is 2. The summed E-state index contributed by atoms with van der Waals surface area (Å²) in [6.07, 6.45) is 42.3. The molecule has 0 fully saturated rings. The van der Waals surface area contributed by atoms with Crippen molar-refractivity contribution in [2.75, 3.05) is 53.5 Å². The zero-order chi connectivity index (χ0) is 41.9. The van der Waals surface area contributed by atoms with E-state index in [9.17, 15) is 9.59 Å². The zero-order valence-electron chi connectivity index (χ0n) is 39.7. The molecule has 0 N–H and O–H groups in total. The lowest BCUT2D eigenvalue weighted by atomic mass is 9.94. The summed E-state index contributed by atoms with van der Waals surface area (Å²) < 4.78 is 11.6. The van der Waals surface area contributed by atoms with Crippen LogP contribution < -0.4 is 0 Å². The van der Waals surface area contributed by atoms with Crippen molar-refractivity contribution in [2.45, 2.75) is 252 Å². The highest BCUT2D eigenvalue weighted by Gasteiger charge is 2.20. The largest absolute Gasteiger partial charge is 0.465 e. The minimum absolute atomic E-state index is 0.0775. The van der Waals surface area contributed by atoms with Crippen LogP contribution in [0.1, 0.15) is 252 Å². The van der Waals surface area contributed by atoms with Gasteiger partial charge in [-0.05, 0) is 98.1 Å². The molecule has 0 aromatic carbocycles. The molecule has 6 heteroatoms. The van der Waals surface area contributed by atoms with Crippen molar-refractivity contribution in [1.29, 1.82) is 0 Å². The minimum Gasteiger partial charge on any atom is -0.465 e. The monoisotopic (exact) mass is 807 g/mol. The normalized spacial score (nSPS) is 12.8. The van der Waals surface area contributed by atoms with Gasteiger partial charge in [0.05, 0.1) is 25.0 Å². The number of esters is 2. The molecule has 0 saturated heterocycles. The van der Waals surface area contributed by atoms with E-state index in [1.807, 2.05) is 0 Å². The van der Waals surface area contributed by atoms with Crippen molar-refractivity contribution in [3.8, 4) is 0 Å². The van der Waals surface area contributed by atoms with E-state index in [2.05, 4.69) is 51.6 Å². The molecule has 0 saturated carbocycles. The summed E-state index contributed by atoms with van der Waals surface area (Å²) >= 11 is 0. The first-order valence-electron chi connectivity index (χ1n) is 25.6. The molecule has 0 amide bonds. The summed E-state index contributed by atoms with van der Waals surface area (Å²) in [5.41, 5.74) is 0. The van der Waals surface area contributed by atoms with Crippen LogP contribution in [0.5, 0.6) is 0 Å². The quantitative estimate of drug-likeness (QED) is 0.0451. The van der Waals surface area contributed by atoms with E-state index in [0.29, 0.717) is 13.2 Å². The van der Waals surface area contributed by atoms with Crippen molar-refractivity contribution < 1.29 is 19.1 Å². The van der Waals surface area contributed by atoms with Crippen molar-refractivity contribution in [2.24, 2.45) is 11.8 Å². The summed E-state index contributed by atoms with van der Waals surface area (Å²) in [6.45, 7) is 14.9. The van der Waals surface area contributed by atoms with Gasteiger partial charge < -0.3 is 19.3 Å². The summed E-state index contributed by atoms with van der Waals surface area (Å²) in [6, 6.07) is 0. The number of hydrogen-bond donors (Lipinski definition) is 0. The van der Waals surface area contributed by atoms with Gasteiger partial charge in [0.15, 0.2) is 0 Å². The van der Waals surface area contributed by atoms with Crippen LogP contribution >= 0.6 is 0 Å². The fourth-order valence-electron chi connectivity index (χ4n) is 8.18. The van der Waals surface area contributed by atoms with E-state index in [1.54, 1.807) is 0 Å². The smallest absolute Gasteiger partial charge is 0.308 e. The highest BCUT2D eigenvalue weighted by molar-refractivity contribution is 5.72. The number of hydrogen-bond acceptors (Lipinski definition) is 6. The summed E-state index contributed by atoms with van der Waals surface area (Å²) in [7, 11) is 4.54. The van der Waals surface area contributed by atoms with E-state index in [1.165, 1.54) is 174 Å². The minimum atomic E-state index is 0.0775. The van der Waals surface area contributed by atoms with E-state index >= 15 is 0 Å². The number of unbranched alkanes of at least 4 members (excludes halogenated alkanes) is 24. The molecule has 0 rings (SSSR count). The van der Waals surface area contributed by atoms with Crippen LogP contribution in [0.15, 0.2) is 0 Å². The molecule has 0 aliphatic heterocycles. The maximum atomic E-state index is 12.9. The number of ether oxygens (including phenoxy) is 2. The average molecular weight is 807 g/mol. The molecule has 0 aliphatic rings. The van der Waals surface area contributed by atoms with Crippen LogP contribution in [-0.4, -0.2) is 75.2 Å². The predicted molar refractivity (Wildman–Crippen MR) is 248 cm³/mol. The SMILES string of the molecule is CCCCCCCCC(CCCCCC)C(=O)OCCCCCCCN(C)CCCN(C)CCCCCCCOC(=O)C(CCCCCC)CCCCCCCC. The number of carbonyl (C=O) groups is 2. The Balaban J connectivity index is 3.90. The van der Waals surface area contributed by atoms with E-state index in [0.717, 1.165) is 77.3 Å². The summed E-state index contributed by atoms with van der Waals surface area (Å²) in [5, 5.41) is 0. The highest BCUT2D eigenvalue weighted by Crippen LogP contribution is 2.22. The molecule has 0 aromatic rings. The third-order valence-corrected chi connectivity index (χ3v) is 12.2. The zero-order valence-corrected chi connectivity index (χ0v) is 39.7. The second-order valence-corrected chi connectivity index (χ2v) is 18.0. The third-order valence-electron chi connectivity index (χ3n) is 12.2. The van der Waals surface area contributed by atoms with Crippen molar-refractivity contribution in [1.82, 2.24) is 9.80 Å². The molecule has 6 nitrogen and oxygen atoms in total. The third kappa shape index (κ3) is 38.8. The second-order valence-electron chi connectivity index (χ2n) is 18.0. The topological polar surface area (TPSA) is 59.1 Å². The van der Waals surface area contributed by atoms with Crippen molar-refractivity contribution >= 4 is 11.9 Å². The first kappa shape index (κ1) is 55.9. The van der Waals surface area contributed by atoms with Gasteiger partial charge in [0.1, 0.15) is 0 Å². The molecule has 0 aromatic heterocycles. The Kier molecular flexibility index (Phi) is 43.5. The fourth-order valence-corrected chi connectivity index (χ4v) is 8.18. The molecule has 0 radical (unpaired) electrons. The van der Waals surface area contributed by atoms with Crippen LogP contribution in [0.25, 0.3) is 0 Å². The van der Waals surface area contributed by atoms with Gasteiger partial charge in [0.25, 0.3) is 0 Å². The molecule has 0 aliphatic carbocycles. The molecule has 57 heavy (non-hydrogen) atoms. The van der Waals surface area contributed by atoms with E-state index in [4.69, 9.17) is 9.47 Å². The average Bonchev–Trinajstić information content (AvgIpc) is 3.20. The highest BCUT2D eigenvalue weighted by atomic mass is 16.5. The first-order valence-corrected chi connectivity index (χ1v) is 25.6. The van der Waals surface area contributed by atoms with Gasteiger partial charge in [-0.2, -0.15) is 0 Å². The van der Waals surface area contributed by atoms with E-state index < -0.39 is 0 Å². The van der Waals surface area contributed by atoms with E-state index in [-0.39, 0.29) is 23.8 Å². The number of rotatable bonds is 46. The Hall–Kier alpha value is -1.14. The van der Waals surface area contributed by atoms with Gasteiger partial charge in [0.2, 0.25) is 0 Å². The molecule has 0 bridgehead atoms. The molecular weight excluding hydrogens is 705 g/mol. The van der Waals surface area contributed by atoms with Gasteiger partial charge in [-0.1, -0.05) is 195 Å². The summed E-state index contributed by atoms with van der Waals surface area (Å²) in [4.78, 5) is 30.8. The molecule has 2 atom stereocenters. The van der Waals surface area contributed by atoms with Crippen LogP contribution in [-0.2, 0) is 19.1 Å².